The molecule has 0 nitrogen and oxygen atoms in total. The van der Waals surface area contributed by atoms with E-state index >= 15 is 0 Å². The van der Waals surface area contributed by atoms with E-state index in [1.54, 1.807) is 0 Å². The van der Waals surface area contributed by atoms with Crippen molar-refractivity contribution in [2.45, 2.75) is 91.9 Å². The molecule has 0 rings (SSSR count). The van der Waals surface area contributed by atoms with E-state index in [9.17, 15) is 0 Å². The molecule has 0 radical (unpaired) electrons. The first-order valence-electron chi connectivity index (χ1n) is 8.45. The minimum atomic E-state index is 0.330. The van der Waals surface area contributed by atoms with Crippen LogP contribution in [0, 0.1) is 10.8 Å². The molecule has 0 heterocycles. The van der Waals surface area contributed by atoms with Crippen LogP contribution in [0.4, 0.5) is 0 Å². The van der Waals surface area contributed by atoms with Crippen LogP contribution < -0.4 is 0 Å². The third-order valence-corrected chi connectivity index (χ3v) is 5.63. The lowest BCUT2D eigenvalue weighted by atomic mass is 9.88. The van der Waals surface area contributed by atoms with Crippen LogP contribution in [0.15, 0.2) is 0 Å². The summed E-state index contributed by atoms with van der Waals surface area (Å²) in [6, 6.07) is 0. The van der Waals surface area contributed by atoms with Crippen molar-refractivity contribution in [3.05, 3.63) is 0 Å². The van der Waals surface area contributed by atoms with Crippen LogP contribution in [-0.2, 0) is 0 Å². The second-order valence-electron chi connectivity index (χ2n) is 7.92. The molecule has 0 aliphatic rings. The fourth-order valence-corrected chi connectivity index (χ4v) is 2.67. The summed E-state index contributed by atoms with van der Waals surface area (Å²) in [5.41, 5.74) is 0.660. The van der Waals surface area contributed by atoms with Gasteiger partial charge in [0, 0.05) is 11.8 Å². The molecule has 0 aliphatic heterocycles. The number of hydrogen-bond acceptors (Lipinski definition) is 0. The molecule has 0 saturated carbocycles. The number of hydrogen-bond donors (Lipinski definition) is 0. The second kappa shape index (κ2) is 11.2. The lowest BCUT2D eigenvalue weighted by molar-refractivity contribution is 0.357. The quantitative estimate of drug-likeness (QED) is 0.244. The average molecular weight is 323 g/mol. The lowest BCUT2D eigenvalue weighted by Gasteiger charge is -2.21. The summed E-state index contributed by atoms with van der Waals surface area (Å²) in [5, 5.41) is 0. The molecule has 0 N–H and O–H groups in total. The number of halogens is 2. The van der Waals surface area contributed by atoms with Crippen molar-refractivity contribution >= 4 is 23.2 Å². The van der Waals surface area contributed by atoms with Gasteiger partial charge in [-0.1, -0.05) is 79.1 Å². The highest BCUT2D eigenvalue weighted by Crippen LogP contribution is 2.26. The number of unbranched alkanes of at least 4 members (excludes halogenated alkanes) is 7. The molecule has 0 saturated heterocycles. The largest absolute Gasteiger partial charge is 0.126 e. The molecule has 0 aromatic heterocycles. The van der Waals surface area contributed by atoms with Crippen molar-refractivity contribution in [3.8, 4) is 0 Å². The molecule has 0 atom stereocenters. The highest BCUT2D eigenvalue weighted by molar-refractivity contribution is 6.18. The van der Waals surface area contributed by atoms with E-state index in [0.29, 0.717) is 10.8 Å². The topological polar surface area (TPSA) is 0 Å². The molecule has 20 heavy (non-hydrogen) atoms. The fourth-order valence-electron chi connectivity index (χ4n) is 2.40. The van der Waals surface area contributed by atoms with Gasteiger partial charge in [0.25, 0.3) is 0 Å². The van der Waals surface area contributed by atoms with Crippen LogP contribution in [0.25, 0.3) is 0 Å². The van der Waals surface area contributed by atoms with Gasteiger partial charge in [0.15, 0.2) is 0 Å². The Morgan fingerprint density at radius 1 is 0.500 bits per heavy atom. The number of rotatable bonds is 13. The van der Waals surface area contributed by atoms with E-state index < -0.39 is 0 Å². The Morgan fingerprint density at radius 3 is 1.00 bits per heavy atom. The molecule has 2 heteroatoms. The van der Waals surface area contributed by atoms with Crippen LogP contribution in [0.1, 0.15) is 91.9 Å². The zero-order chi connectivity index (χ0) is 15.5. The van der Waals surface area contributed by atoms with E-state index in [4.69, 9.17) is 23.2 Å². The highest BCUT2D eigenvalue weighted by atomic mass is 35.5. The Hall–Kier alpha value is 0.580. The van der Waals surface area contributed by atoms with Crippen LogP contribution in [0.3, 0.4) is 0 Å². The van der Waals surface area contributed by atoms with Crippen molar-refractivity contribution in [2.24, 2.45) is 10.8 Å². The molecule has 0 aromatic rings. The molecule has 0 amide bonds. The van der Waals surface area contributed by atoms with E-state index in [1.165, 1.54) is 64.2 Å². The third kappa shape index (κ3) is 12.3. The van der Waals surface area contributed by atoms with Crippen molar-refractivity contribution in [1.82, 2.24) is 0 Å². The Labute approximate surface area is 138 Å². The molecule has 0 unspecified atom stereocenters. The molecule has 0 bridgehead atoms. The van der Waals surface area contributed by atoms with E-state index in [0.717, 1.165) is 11.8 Å². The summed E-state index contributed by atoms with van der Waals surface area (Å²) in [6.45, 7) is 9.06. The monoisotopic (exact) mass is 322 g/mol. The minimum absolute atomic E-state index is 0.330. The highest BCUT2D eigenvalue weighted by Gasteiger charge is 2.15. The second-order valence-corrected chi connectivity index (χ2v) is 8.46. The lowest BCUT2D eigenvalue weighted by Crippen LogP contribution is -2.12. The van der Waals surface area contributed by atoms with Crippen LogP contribution in [0.2, 0.25) is 0 Å². The van der Waals surface area contributed by atoms with E-state index in [-0.39, 0.29) is 0 Å². The van der Waals surface area contributed by atoms with E-state index in [1.807, 2.05) is 0 Å². The smallest absolute Gasteiger partial charge is 0.0274 e. The Morgan fingerprint density at radius 2 is 0.750 bits per heavy atom. The summed E-state index contributed by atoms with van der Waals surface area (Å²) in [7, 11) is 0. The average Bonchev–Trinajstić information content (AvgIpc) is 2.41. The zero-order valence-electron chi connectivity index (χ0n) is 14.2. The van der Waals surface area contributed by atoms with Crippen LogP contribution in [0.5, 0.6) is 0 Å². The van der Waals surface area contributed by atoms with Gasteiger partial charge >= 0.3 is 0 Å². The predicted molar refractivity (Wildman–Crippen MR) is 95.2 cm³/mol. The first-order chi connectivity index (χ1) is 9.33. The SMILES string of the molecule is CC(C)(CCl)CCCCCCCCCCC(C)(C)CCl. The molecule has 122 valence electrons. The van der Waals surface area contributed by atoms with Gasteiger partial charge in [-0.2, -0.15) is 0 Å². The Balaban J connectivity index is 3.26. The van der Waals surface area contributed by atoms with Gasteiger partial charge in [0.2, 0.25) is 0 Å². The number of alkyl halides is 2. The molecular formula is C18H36Cl2. The maximum absolute atomic E-state index is 5.94. The zero-order valence-corrected chi connectivity index (χ0v) is 15.8. The van der Waals surface area contributed by atoms with E-state index in [2.05, 4.69) is 27.7 Å². The normalized spacial score (nSPS) is 12.9. The maximum Gasteiger partial charge on any atom is 0.0274 e. The summed E-state index contributed by atoms with van der Waals surface area (Å²) >= 11 is 11.9. The first-order valence-corrected chi connectivity index (χ1v) is 9.52. The van der Waals surface area contributed by atoms with Crippen molar-refractivity contribution in [3.63, 3.8) is 0 Å². The first kappa shape index (κ1) is 20.6. The maximum atomic E-state index is 5.94. The minimum Gasteiger partial charge on any atom is -0.126 e. The van der Waals surface area contributed by atoms with Crippen molar-refractivity contribution in [1.29, 1.82) is 0 Å². The fraction of sp³-hybridized carbons (Fsp3) is 1.00. The standard InChI is InChI=1S/C18H36Cl2/c1-17(2,15-19)13-11-9-7-5-6-8-10-12-14-18(3,4)16-20/h5-16H2,1-4H3. The summed E-state index contributed by atoms with van der Waals surface area (Å²) in [4.78, 5) is 0. The third-order valence-electron chi connectivity index (χ3n) is 4.18. The van der Waals surface area contributed by atoms with Gasteiger partial charge in [0.05, 0.1) is 0 Å². The molecule has 0 aromatic carbocycles. The van der Waals surface area contributed by atoms with Crippen LogP contribution in [-0.4, -0.2) is 11.8 Å². The Kier molecular flexibility index (Phi) is 11.5. The van der Waals surface area contributed by atoms with Gasteiger partial charge < -0.3 is 0 Å². The molecular weight excluding hydrogens is 287 g/mol. The van der Waals surface area contributed by atoms with Crippen LogP contribution >= 0.6 is 23.2 Å². The summed E-state index contributed by atoms with van der Waals surface area (Å²) in [5.74, 6) is 1.57. The van der Waals surface area contributed by atoms with Gasteiger partial charge in [-0.05, 0) is 23.7 Å². The van der Waals surface area contributed by atoms with Gasteiger partial charge in [0.1, 0.15) is 0 Å². The van der Waals surface area contributed by atoms with Gasteiger partial charge in [-0.15, -0.1) is 23.2 Å². The predicted octanol–water partition coefficient (Wildman–Crippen LogP) is 7.42. The molecule has 0 aliphatic carbocycles. The van der Waals surface area contributed by atoms with Gasteiger partial charge in [-0.25, -0.2) is 0 Å². The van der Waals surface area contributed by atoms with Crippen molar-refractivity contribution < 1.29 is 0 Å². The summed E-state index contributed by atoms with van der Waals surface area (Å²) < 4.78 is 0. The summed E-state index contributed by atoms with van der Waals surface area (Å²) in [6.07, 6.45) is 13.6. The Bertz CT molecular complexity index is 197. The molecule has 0 fully saturated rings. The van der Waals surface area contributed by atoms with Crippen molar-refractivity contribution in [2.75, 3.05) is 11.8 Å². The molecule has 0 spiro atoms. The van der Waals surface area contributed by atoms with Gasteiger partial charge in [-0.3, -0.25) is 0 Å².